The van der Waals surface area contributed by atoms with Crippen LogP contribution in [0, 0.1) is 11.8 Å². The van der Waals surface area contributed by atoms with Gasteiger partial charge in [-0.1, -0.05) is 44.2 Å². The summed E-state index contributed by atoms with van der Waals surface area (Å²) in [4.78, 5) is 15.6. The smallest absolute Gasteiger partial charge is 0.230 e. The molecule has 2 fully saturated rings. The van der Waals surface area contributed by atoms with Crippen molar-refractivity contribution in [3.8, 4) is 0 Å². The van der Waals surface area contributed by atoms with Crippen LogP contribution in [0.25, 0.3) is 0 Å². The third-order valence-electron chi connectivity index (χ3n) is 5.77. The van der Waals surface area contributed by atoms with E-state index in [-0.39, 0.29) is 5.91 Å². The van der Waals surface area contributed by atoms with Gasteiger partial charge in [0, 0.05) is 39.4 Å². The average Bonchev–Trinajstić information content (AvgIpc) is 2.62. The first-order chi connectivity index (χ1) is 12.1. The van der Waals surface area contributed by atoms with E-state index in [0.717, 1.165) is 56.4 Å². The fourth-order valence-electron chi connectivity index (χ4n) is 4.60. The highest BCUT2D eigenvalue weighted by molar-refractivity contribution is 5.88. The minimum atomic E-state index is -0.429. The van der Waals surface area contributed by atoms with Crippen LogP contribution in [0.4, 0.5) is 0 Å². The summed E-state index contributed by atoms with van der Waals surface area (Å²) >= 11 is 0. The van der Waals surface area contributed by atoms with Crippen molar-refractivity contribution < 1.29 is 9.53 Å². The number of nitrogens with zero attached hydrogens (tertiary/aromatic N) is 1. The van der Waals surface area contributed by atoms with E-state index in [4.69, 9.17) is 4.74 Å². The van der Waals surface area contributed by atoms with Crippen LogP contribution in [-0.4, -0.2) is 50.2 Å². The lowest BCUT2D eigenvalue weighted by Gasteiger charge is -2.37. The van der Waals surface area contributed by atoms with E-state index < -0.39 is 5.41 Å². The van der Waals surface area contributed by atoms with Crippen LogP contribution in [0.1, 0.15) is 38.7 Å². The summed E-state index contributed by atoms with van der Waals surface area (Å²) in [5.41, 5.74) is 0.693. The number of hydrogen-bond acceptors (Lipinski definition) is 3. The Labute approximate surface area is 151 Å². The Bertz CT molecular complexity index is 544. The summed E-state index contributed by atoms with van der Waals surface area (Å²) in [6.45, 7) is 9.94. The van der Waals surface area contributed by atoms with Crippen molar-refractivity contribution in [3.05, 3.63) is 35.9 Å². The minimum absolute atomic E-state index is 0.167. The van der Waals surface area contributed by atoms with Crippen LogP contribution in [0.15, 0.2) is 30.3 Å². The van der Waals surface area contributed by atoms with E-state index in [9.17, 15) is 4.79 Å². The predicted molar refractivity (Wildman–Crippen MR) is 101 cm³/mol. The highest BCUT2D eigenvalue weighted by Gasteiger charge is 2.41. The molecule has 138 valence electrons. The van der Waals surface area contributed by atoms with E-state index in [1.54, 1.807) is 0 Å². The number of ether oxygens (including phenoxy) is 1. The number of likely N-dealkylation sites (tertiary alicyclic amines) is 1. The standard InChI is InChI=1S/C21H32N2O2/c1-17-14-18(2)16-23(15-17)11-10-22-20(24)21(8-12-25-13-9-21)19-6-4-3-5-7-19/h3-7,17-18H,8-16H2,1-2H3,(H,22,24)/t17-,18+. The summed E-state index contributed by atoms with van der Waals surface area (Å²) in [5.74, 6) is 1.68. The number of rotatable bonds is 5. The number of piperidine rings is 1. The Balaban J connectivity index is 1.60. The van der Waals surface area contributed by atoms with Gasteiger partial charge in [0.25, 0.3) is 0 Å². The summed E-state index contributed by atoms with van der Waals surface area (Å²) in [6, 6.07) is 10.2. The van der Waals surface area contributed by atoms with Gasteiger partial charge in [-0.25, -0.2) is 0 Å². The first kappa shape index (κ1) is 18.4. The largest absolute Gasteiger partial charge is 0.381 e. The van der Waals surface area contributed by atoms with Gasteiger partial charge < -0.3 is 15.0 Å². The van der Waals surface area contributed by atoms with Crippen LogP contribution in [-0.2, 0) is 14.9 Å². The molecule has 1 amide bonds. The normalized spacial score (nSPS) is 27.0. The van der Waals surface area contributed by atoms with Gasteiger partial charge >= 0.3 is 0 Å². The fourth-order valence-corrected chi connectivity index (χ4v) is 4.60. The van der Waals surface area contributed by atoms with Gasteiger partial charge in [0.2, 0.25) is 5.91 Å². The Kier molecular flexibility index (Phi) is 6.13. The molecular weight excluding hydrogens is 312 g/mol. The molecule has 2 atom stereocenters. The zero-order chi connectivity index (χ0) is 17.7. The number of amides is 1. The molecule has 4 nitrogen and oxygen atoms in total. The lowest BCUT2D eigenvalue weighted by Crippen LogP contribution is -2.50. The summed E-state index contributed by atoms with van der Waals surface area (Å²) in [6.07, 6.45) is 2.85. The van der Waals surface area contributed by atoms with Gasteiger partial charge in [0.05, 0.1) is 5.41 Å². The molecule has 0 unspecified atom stereocenters. The second kappa shape index (κ2) is 8.33. The molecule has 0 saturated carbocycles. The SMILES string of the molecule is C[C@@H]1C[C@H](C)CN(CCNC(=O)C2(c3ccccc3)CCOCC2)C1. The van der Waals surface area contributed by atoms with Crippen LogP contribution in [0.5, 0.6) is 0 Å². The van der Waals surface area contributed by atoms with Crippen LogP contribution < -0.4 is 5.32 Å². The molecule has 0 aliphatic carbocycles. The quantitative estimate of drug-likeness (QED) is 0.893. The van der Waals surface area contributed by atoms with Gasteiger partial charge in [0.15, 0.2) is 0 Å². The van der Waals surface area contributed by atoms with Crippen LogP contribution in [0.2, 0.25) is 0 Å². The lowest BCUT2D eigenvalue weighted by atomic mass is 9.73. The maximum Gasteiger partial charge on any atom is 0.230 e. The average molecular weight is 344 g/mol. The third-order valence-corrected chi connectivity index (χ3v) is 5.77. The molecule has 2 saturated heterocycles. The first-order valence-corrected chi connectivity index (χ1v) is 9.74. The molecule has 1 aromatic carbocycles. The molecule has 0 radical (unpaired) electrons. The molecule has 2 aliphatic rings. The van der Waals surface area contributed by atoms with Crippen molar-refractivity contribution >= 4 is 5.91 Å². The molecule has 25 heavy (non-hydrogen) atoms. The zero-order valence-corrected chi connectivity index (χ0v) is 15.7. The topological polar surface area (TPSA) is 41.6 Å². The van der Waals surface area contributed by atoms with Crippen molar-refractivity contribution in [3.63, 3.8) is 0 Å². The van der Waals surface area contributed by atoms with E-state index in [1.165, 1.54) is 6.42 Å². The first-order valence-electron chi connectivity index (χ1n) is 9.74. The van der Waals surface area contributed by atoms with Gasteiger partial charge in [-0.05, 0) is 36.7 Å². The van der Waals surface area contributed by atoms with Gasteiger partial charge in [-0.3, -0.25) is 4.79 Å². The molecule has 2 heterocycles. The van der Waals surface area contributed by atoms with E-state index >= 15 is 0 Å². The zero-order valence-electron chi connectivity index (χ0n) is 15.7. The van der Waals surface area contributed by atoms with Gasteiger partial charge in [0.1, 0.15) is 0 Å². The third kappa shape index (κ3) is 4.42. The Morgan fingerprint density at radius 1 is 1.16 bits per heavy atom. The Hall–Kier alpha value is -1.39. The Morgan fingerprint density at radius 2 is 1.80 bits per heavy atom. The molecule has 1 N–H and O–H groups in total. The van der Waals surface area contributed by atoms with Crippen molar-refractivity contribution in [2.75, 3.05) is 39.4 Å². The van der Waals surface area contributed by atoms with E-state index in [0.29, 0.717) is 13.2 Å². The lowest BCUT2D eigenvalue weighted by molar-refractivity contribution is -0.130. The molecule has 3 rings (SSSR count). The molecule has 4 heteroatoms. The molecule has 0 aromatic heterocycles. The molecule has 0 spiro atoms. The van der Waals surface area contributed by atoms with Crippen LogP contribution >= 0.6 is 0 Å². The van der Waals surface area contributed by atoms with Crippen molar-refractivity contribution in [1.29, 1.82) is 0 Å². The number of nitrogens with one attached hydrogen (secondary N) is 1. The highest BCUT2D eigenvalue weighted by atomic mass is 16.5. The maximum atomic E-state index is 13.1. The Morgan fingerprint density at radius 3 is 2.44 bits per heavy atom. The molecule has 1 aromatic rings. The molecular formula is C21H32N2O2. The van der Waals surface area contributed by atoms with E-state index in [2.05, 4.69) is 36.2 Å². The number of carbonyl (C=O) groups excluding carboxylic acids is 1. The van der Waals surface area contributed by atoms with E-state index in [1.807, 2.05) is 18.2 Å². The monoisotopic (exact) mass is 344 g/mol. The number of benzene rings is 1. The molecule has 2 aliphatic heterocycles. The summed E-state index contributed by atoms with van der Waals surface area (Å²) < 4.78 is 5.53. The maximum absolute atomic E-state index is 13.1. The second-order valence-corrected chi connectivity index (χ2v) is 8.02. The summed E-state index contributed by atoms with van der Waals surface area (Å²) in [5, 5.41) is 3.23. The fraction of sp³-hybridized carbons (Fsp3) is 0.667. The van der Waals surface area contributed by atoms with Crippen molar-refractivity contribution in [1.82, 2.24) is 10.2 Å². The predicted octanol–water partition coefficient (Wildman–Crippen LogP) is 2.83. The van der Waals surface area contributed by atoms with Crippen molar-refractivity contribution in [2.45, 2.75) is 38.5 Å². The van der Waals surface area contributed by atoms with Gasteiger partial charge in [-0.15, -0.1) is 0 Å². The van der Waals surface area contributed by atoms with Crippen molar-refractivity contribution in [2.24, 2.45) is 11.8 Å². The summed E-state index contributed by atoms with van der Waals surface area (Å²) in [7, 11) is 0. The minimum Gasteiger partial charge on any atom is -0.381 e. The number of hydrogen-bond donors (Lipinski definition) is 1. The highest BCUT2D eigenvalue weighted by Crippen LogP contribution is 2.35. The second-order valence-electron chi connectivity index (χ2n) is 8.02. The number of carbonyl (C=O) groups is 1. The van der Waals surface area contributed by atoms with Gasteiger partial charge in [-0.2, -0.15) is 0 Å². The molecule has 0 bridgehead atoms. The van der Waals surface area contributed by atoms with Crippen LogP contribution in [0.3, 0.4) is 0 Å².